The summed E-state index contributed by atoms with van der Waals surface area (Å²) in [6.07, 6.45) is 12.0. The van der Waals surface area contributed by atoms with Gasteiger partial charge in [-0.2, -0.15) is 11.8 Å². The summed E-state index contributed by atoms with van der Waals surface area (Å²) in [7, 11) is 0. The van der Waals surface area contributed by atoms with Gasteiger partial charge < -0.3 is 10.4 Å². The number of carboxylic acids is 1. The van der Waals surface area contributed by atoms with E-state index in [1.807, 2.05) is 30.5 Å². The predicted molar refractivity (Wildman–Crippen MR) is 158 cm³/mol. The number of amides is 1. The van der Waals surface area contributed by atoms with Crippen LogP contribution in [0.2, 0.25) is 0 Å². The number of carboxylic acid groups (broad SMARTS) is 1. The molecule has 0 aromatic heterocycles. The number of benzene rings is 2. The lowest BCUT2D eigenvalue weighted by atomic mass is 9.82. The largest absolute Gasteiger partial charge is 0.480 e. The molecule has 0 spiro atoms. The number of aliphatic carboxylic acids is 1. The quantitative estimate of drug-likeness (QED) is 0.331. The first kappa shape index (κ1) is 28.7. The van der Waals surface area contributed by atoms with Crippen LogP contribution in [0.4, 0.5) is 0 Å². The third-order valence-corrected chi connectivity index (χ3v) is 9.19. The van der Waals surface area contributed by atoms with Crippen LogP contribution < -0.4 is 5.32 Å². The molecule has 6 heteroatoms. The lowest BCUT2D eigenvalue weighted by molar-refractivity contribution is -0.139. The Bertz CT molecular complexity index is 1100. The summed E-state index contributed by atoms with van der Waals surface area (Å²) in [4.78, 5) is 27.8. The second-order valence-electron chi connectivity index (χ2n) is 11.5. The summed E-state index contributed by atoms with van der Waals surface area (Å²) < 4.78 is 0. The van der Waals surface area contributed by atoms with E-state index in [0.29, 0.717) is 23.8 Å². The van der Waals surface area contributed by atoms with Crippen molar-refractivity contribution in [2.45, 2.75) is 83.8 Å². The molecular formula is C32H44N2O3S. The van der Waals surface area contributed by atoms with Crippen LogP contribution in [0.1, 0.15) is 79.8 Å². The Hall–Kier alpha value is -2.31. The molecule has 2 N–H and O–H groups in total. The highest BCUT2D eigenvalue weighted by Gasteiger charge is 2.31. The molecule has 1 aliphatic heterocycles. The van der Waals surface area contributed by atoms with E-state index in [4.69, 9.17) is 0 Å². The number of aryl methyl sites for hydroxylation is 1. The van der Waals surface area contributed by atoms with E-state index in [1.165, 1.54) is 50.5 Å². The SMILES string of the molecule is CSCCC(NC(=O)c1ccc(CN2CC(CC3CCCCC3)CC2C)cc1-c1ccccc1C)C(=O)O. The van der Waals surface area contributed by atoms with Crippen LogP contribution in [0.3, 0.4) is 0 Å². The third-order valence-electron chi connectivity index (χ3n) is 8.55. The minimum atomic E-state index is -0.993. The second-order valence-corrected chi connectivity index (χ2v) is 12.4. The zero-order chi connectivity index (χ0) is 27.1. The molecule has 3 atom stereocenters. The summed E-state index contributed by atoms with van der Waals surface area (Å²) in [5.74, 6) is 1.05. The Labute approximate surface area is 232 Å². The van der Waals surface area contributed by atoms with Gasteiger partial charge in [0.1, 0.15) is 6.04 Å². The van der Waals surface area contributed by atoms with Crippen LogP contribution in [0.5, 0.6) is 0 Å². The summed E-state index contributed by atoms with van der Waals surface area (Å²) in [6.45, 7) is 6.43. The van der Waals surface area contributed by atoms with E-state index < -0.39 is 12.0 Å². The van der Waals surface area contributed by atoms with Crippen molar-refractivity contribution in [3.8, 4) is 11.1 Å². The van der Waals surface area contributed by atoms with Gasteiger partial charge in [-0.25, -0.2) is 4.79 Å². The van der Waals surface area contributed by atoms with E-state index in [1.54, 1.807) is 11.8 Å². The van der Waals surface area contributed by atoms with E-state index in [-0.39, 0.29) is 5.91 Å². The molecule has 2 aromatic rings. The average Bonchev–Trinajstić information content (AvgIpc) is 3.25. The van der Waals surface area contributed by atoms with Gasteiger partial charge in [0.15, 0.2) is 0 Å². The Morgan fingerprint density at radius 3 is 2.55 bits per heavy atom. The summed E-state index contributed by atoms with van der Waals surface area (Å²) in [5, 5.41) is 12.4. The summed E-state index contributed by atoms with van der Waals surface area (Å²) in [5.41, 5.74) is 4.71. The predicted octanol–water partition coefficient (Wildman–Crippen LogP) is 6.78. The molecule has 1 saturated carbocycles. The molecular weight excluding hydrogens is 492 g/mol. The zero-order valence-electron chi connectivity index (χ0n) is 23.2. The molecule has 2 aromatic carbocycles. The van der Waals surface area contributed by atoms with Gasteiger partial charge in [0.25, 0.3) is 5.91 Å². The van der Waals surface area contributed by atoms with Gasteiger partial charge in [-0.15, -0.1) is 0 Å². The molecule has 1 amide bonds. The fourth-order valence-electron chi connectivity index (χ4n) is 6.45. The maximum absolute atomic E-state index is 13.4. The van der Waals surface area contributed by atoms with Crippen LogP contribution in [0.15, 0.2) is 42.5 Å². The minimum Gasteiger partial charge on any atom is -0.480 e. The van der Waals surface area contributed by atoms with Crippen molar-refractivity contribution in [2.24, 2.45) is 11.8 Å². The Kier molecular flexibility index (Phi) is 10.3. The standard InChI is InChI=1S/C32H44N2O3S/c1-22-9-7-8-12-27(22)29-19-25(13-14-28(29)31(35)33-30(32(36)37)15-16-38-3)20-34-21-26(17-23(34)2)18-24-10-5-4-6-11-24/h7-9,12-14,19,23-24,26,30H,4-6,10-11,15-18,20-21H2,1-3H3,(H,33,35)(H,36,37). The van der Waals surface area contributed by atoms with Crippen LogP contribution in [-0.2, 0) is 11.3 Å². The molecule has 2 aliphatic rings. The molecule has 1 heterocycles. The van der Waals surface area contributed by atoms with Crippen molar-refractivity contribution in [3.05, 3.63) is 59.2 Å². The number of nitrogens with one attached hydrogen (secondary N) is 1. The molecule has 0 bridgehead atoms. The van der Waals surface area contributed by atoms with Gasteiger partial charge in [0, 0.05) is 24.7 Å². The van der Waals surface area contributed by atoms with E-state index in [2.05, 4.69) is 42.3 Å². The molecule has 3 unspecified atom stereocenters. The van der Waals surface area contributed by atoms with Gasteiger partial charge in [-0.05, 0) is 91.3 Å². The zero-order valence-corrected chi connectivity index (χ0v) is 24.1. The van der Waals surface area contributed by atoms with Crippen molar-refractivity contribution in [2.75, 3.05) is 18.6 Å². The first-order chi connectivity index (χ1) is 18.4. The Morgan fingerprint density at radius 2 is 1.84 bits per heavy atom. The maximum atomic E-state index is 13.4. The number of hydrogen-bond donors (Lipinski definition) is 2. The molecule has 1 saturated heterocycles. The van der Waals surface area contributed by atoms with Gasteiger partial charge in [-0.3, -0.25) is 9.69 Å². The lowest BCUT2D eigenvalue weighted by Gasteiger charge is -2.25. The van der Waals surface area contributed by atoms with E-state index >= 15 is 0 Å². The fraction of sp³-hybridized carbons (Fsp3) is 0.562. The Morgan fingerprint density at radius 1 is 1.08 bits per heavy atom. The number of carbonyl (C=O) groups is 2. The highest BCUT2D eigenvalue weighted by molar-refractivity contribution is 7.98. The molecule has 5 nitrogen and oxygen atoms in total. The van der Waals surface area contributed by atoms with E-state index in [0.717, 1.165) is 41.6 Å². The van der Waals surface area contributed by atoms with E-state index in [9.17, 15) is 14.7 Å². The highest BCUT2D eigenvalue weighted by Crippen LogP contribution is 2.36. The fourth-order valence-corrected chi connectivity index (χ4v) is 6.92. The number of thioether (sulfide) groups is 1. The second kappa shape index (κ2) is 13.7. The first-order valence-corrected chi connectivity index (χ1v) is 15.7. The number of hydrogen-bond acceptors (Lipinski definition) is 4. The Balaban J connectivity index is 1.53. The number of nitrogens with zero attached hydrogens (tertiary/aromatic N) is 1. The number of likely N-dealkylation sites (tertiary alicyclic amines) is 1. The monoisotopic (exact) mass is 536 g/mol. The molecule has 38 heavy (non-hydrogen) atoms. The first-order valence-electron chi connectivity index (χ1n) is 14.3. The molecule has 2 fully saturated rings. The number of carbonyl (C=O) groups excluding carboxylic acids is 1. The van der Waals surface area contributed by atoms with Crippen molar-refractivity contribution in [1.82, 2.24) is 10.2 Å². The normalized spacial score (nSPS) is 21.3. The molecule has 0 radical (unpaired) electrons. The van der Waals surface area contributed by atoms with Crippen molar-refractivity contribution >= 4 is 23.6 Å². The van der Waals surface area contributed by atoms with Crippen LogP contribution in [0, 0.1) is 18.8 Å². The number of rotatable bonds is 11. The van der Waals surface area contributed by atoms with Gasteiger partial charge in [-0.1, -0.05) is 62.4 Å². The van der Waals surface area contributed by atoms with Gasteiger partial charge >= 0.3 is 5.97 Å². The maximum Gasteiger partial charge on any atom is 0.326 e. The van der Waals surface area contributed by atoms with Crippen molar-refractivity contribution < 1.29 is 14.7 Å². The van der Waals surface area contributed by atoms with Gasteiger partial charge in [0.2, 0.25) is 0 Å². The van der Waals surface area contributed by atoms with Crippen molar-refractivity contribution in [1.29, 1.82) is 0 Å². The van der Waals surface area contributed by atoms with Crippen molar-refractivity contribution in [3.63, 3.8) is 0 Å². The summed E-state index contributed by atoms with van der Waals surface area (Å²) >= 11 is 1.58. The van der Waals surface area contributed by atoms with Crippen LogP contribution >= 0.6 is 11.8 Å². The lowest BCUT2D eigenvalue weighted by Crippen LogP contribution is -2.41. The highest BCUT2D eigenvalue weighted by atomic mass is 32.2. The van der Waals surface area contributed by atoms with Gasteiger partial charge in [0.05, 0.1) is 0 Å². The molecule has 4 rings (SSSR count). The van der Waals surface area contributed by atoms with Crippen LogP contribution in [-0.4, -0.2) is 52.5 Å². The summed E-state index contributed by atoms with van der Waals surface area (Å²) in [6, 6.07) is 13.8. The third kappa shape index (κ3) is 7.41. The van der Waals surface area contributed by atoms with Crippen LogP contribution in [0.25, 0.3) is 11.1 Å². The molecule has 206 valence electrons. The smallest absolute Gasteiger partial charge is 0.326 e. The minimum absolute atomic E-state index is 0.328. The average molecular weight is 537 g/mol. The molecule has 1 aliphatic carbocycles. The topological polar surface area (TPSA) is 69.6 Å².